The number of amides is 1. The van der Waals surface area contributed by atoms with Crippen LogP contribution in [-0.4, -0.2) is 28.8 Å². The maximum Gasteiger partial charge on any atom is 0.408 e. The lowest BCUT2D eigenvalue weighted by atomic mass is 9.72. The number of aliphatic carboxylic acids is 1. The number of carbonyl (C=O) groups is 2. The summed E-state index contributed by atoms with van der Waals surface area (Å²) >= 11 is 0. The molecule has 5 nitrogen and oxygen atoms in total. The summed E-state index contributed by atoms with van der Waals surface area (Å²) in [5.74, 6) is 1.57. The first-order valence-corrected chi connectivity index (χ1v) is 7.97. The molecule has 4 saturated carbocycles. The molecule has 4 rings (SSSR count). The van der Waals surface area contributed by atoms with Crippen LogP contribution in [0.15, 0.2) is 0 Å². The molecule has 0 aromatic carbocycles. The molecule has 118 valence electrons. The van der Waals surface area contributed by atoms with Gasteiger partial charge in [-0.25, -0.2) is 9.59 Å². The first kappa shape index (κ1) is 14.7. The largest absolute Gasteiger partial charge is 0.480 e. The Labute approximate surface area is 125 Å². The second-order valence-electron chi connectivity index (χ2n) is 8.03. The van der Waals surface area contributed by atoms with Gasteiger partial charge in [0.05, 0.1) is 0 Å². The fourth-order valence-corrected chi connectivity index (χ4v) is 5.06. The van der Waals surface area contributed by atoms with Crippen molar-refractivity contribution in [3.8, 4) is 0 Å². The fraction of sp³-hybridized carbons (Fsp3) is 0.875. The van der Waals surface area contributed by atoms with E-state index in [-0.39, 0.29) is 5.92 Å². The second-order valence-corrected chi connectivity index (χ2v) is 8.03. The summed E-state index contributed by atoms with van der Waals surface area (Å²) < 4.78 is 5.22. The van der Waals surface area contributed by atoms with Crippen LogP contribution in [0, 0.1) is 29.6 Å². The molecule has 21 heavy (non-hydrogen) atoms. The van der Waals surface area contributed by atoms with E-state index in [2.05, 4.69) is 5.32 Å². The highest BCUT2D eigenvalue weighted by Crippen LogP contribution is 2.61. The molecular formula is C16H25NO4. The first-order valence-electron chi connectivity index (χ1n) is 7.97. The predicted octanol–water partition coefficient (Wildman–Crippen LogP) is 2.65. The number of carbonyl (C=O) groups excluding carboxylic acids is 1. The summed E-state index contributed by atoms with van der Waals surface area (Å²) in [6, 6.07) is -0.807. The van der Waals surface area contributed by atoms with Gasteiger partial charge in [0.1, 0.15) is 11.6 Å². The first-order chi connectivity index (χ1) is 9.74. The highest BCUT2D eigenvalue weighted by Gasteiger charge is 2.57. The number of hydrogen-bond acceptors (Lipinski definition) is 3. The van der Waals surface area contributed by atoms with Crippen LogP contribution in [0.1, 0.15) is 46.5 Å². The molecule has 0 aliphatic heterocycles. The SMILES string of the molecule is CC(C)(C)OC(=O)NC(C(=O)O)C1C2CC3CC(C2)[C@H]1C3. The number of nitrogens with one attached hydrogen (secondary N) is 1. The van der Waals surface area contributed by atoms with Crippen molar-refractivity contribution in [1.82, 2.24) is 5.32 Å². The summed E-state index contributed by atoms with van der Waals surface area (Å²) in [6.07, 6.45) is 4.07. The van der Waals surface area contributed by atoms with Gasteiger partial charge in [0.15, 0.2) is 0 Å². The molecule has 4 aliphatic carbocycles. The summed E-state index contributed by atoms with van der Waals surface area (Å²) in [7, 11) is 0. The van der Waals surface area contributed by atoms with Crippen molar-refractivity contribution >= 4 is 12.1 Å². The van der Waals surface area contributed by atoms with Crippen LogP contribution in [-0.2, 0) is 9.53 Å². The fourth-order valence-electron chi connectivity index (χ4n) is 5.06. The van der Waals surface area contributed by atoms with Crippen LogP contribution in [0.2, 0.25) is 0 Å². The third-order valence-corrected chi connectivity index (χ3v) is 5.45. The quantitative estimate of drug-likeness (QED) is 0.839. The third-order valence-electron chi connectivity index (χ3n) is 5.45. The molecule has 0 spiro atoms. The van der Waals surface area contributed by atoms with Gasteiger partial charge < -0.3 is 15.2 Å². The zero-order valence-electron chi connectivity index (χ0n) is 13.0. The van der Waals surface area contributed by atoms with Gasteiger partial charge in [-0.3, -0.25) is 0 Å². The Morgan fingerprint density at radius 2 is 1.81 bits per heavy atom. The summed E-state index contributed by atoms with van der Waals surface area (Å²) in [4.78, 5) is 23.6. The molecule has 0 heterocycles. The molecule has 4 bridgehead atoms. The van der Waals surface area contributed by atoms with Crippen molar-refractivity contribution in [3.63, 3.8) is 0 Å². The minimum atomic E-state index is -0.929. The minimum absolute atomic E-state index is 0.0822. The zero-order valence-corrected chi connectivity index (χ0v) is 13.0. The van der Waals surface area contributed by atoms with E-state index >= 15 is 0 Å². The average molecular weight is 295 g/mol. The van der Waals surface area contributed by atoms with Gasteiger partial charge in [0.2, 0.25) is 0 Å². The summed E-state index contributed by atoms with van der Waals surface area (Å²) in [5.41, 5.74) is -0.611. The monoisotopic (exact) mass is 295 g/mol. The number of rotatable bonds is 3. The second kappa shape index (κ2) is 4.89. The van der Waals surface area contributed by atoms with Gasteiger partial charge in [0.25, 0.3) is 0 Å². The minimum Gasteiger partial charge on any atom is -0.480 e. The van der Waals surface area contributed by atoms with Gasteiger partial charge in [0, 0.05) is 0 Å². The number of hydrogen-bond donors (Lipinski definition) is 2. The molecule has 0 aromatic heterocycles. The van der Waals surface area contributed by atoms with Gasteiger partial charge in [-0.2, -0.15) is 0 Å². The van der Waals surface area contributed by atoms with Crippen LogP contribution in [0.4, 0.5) is 4.79 Å². The molecule has 2 N–H and O–H groups in total. The molecule has 5 heteroatoms. The van der Waals surface area contributed by atoms with Gasteiger partial charge in [-0.15, -0.1) is 0 Å². The lowest BCUT2D eigenvalue weighted by Gasteiger charge is -2.36. The normalized spacial score (nSPS) is 38.3. The number of carboxylic acid groups (broad SMARTS) is 1. The van der Waals surface area contributed by atoms with Crippen molar-refractivity contribution in [1.29, 1.82) is 0 Å². The van der Waals surface area contributed by atoms with Crippen LogP contribution in [0.3, 0.4) is 0 Å². The Morgan fingerprint density at radius 3 is 2.38 bits per heavy atom. The Morgan fingerprint density at radius 1 is 1.14 bits per heavy atom. The lowest BCUT2D eigenvalue weighted by Crippen LogP contribution is -2.51. The lowest BCUT2D eigenvalue weighted by molar-refractivity contribution is -0.142. The highest BCUT2D eigenvalue weighted by atomic mass is 16.6. The van der Waals surface area contributed by atoms with E-state index in [1.807, 2.05) is 0 Å². The third kappa shape index (κ3) is 2.74. The van der Waals surface area contributed by atoms with Crippen molar-refractivity contribution < 1.29 is 19.4 Å². The van der Waals surface area contributed by atoms with E-state index in [4.69, 9.17) is 4.74 Å². The standard InChI is InChI=1S/C16H25NO4/c1-16(2,3)21-15(20)17-13(14(18)19)12-10-5-8-4-9(7-10)11(12)6-8/h8-13H,4-7H2,1-3H3,(H,17,20)(H,18,19)/t8?,9?,10?,11-,12?,13?/m1/s1. The molecule has 6 atom stereocenters. The Bertz CT molecular complexity index is 452. The van der Waals surface area contributed by atoms with E-state index < -0.39 is 23.7 Å². The molecule has 4 aliphatic rings. The van der Waals surface area contributed by atoms with Crippen LogP contribution < -0.4 is 5.32 Å². The Hall–Kier alpha value is -1.26. The van der Waals surface area contributed by atoms with E-state index in [9.17, 15) is 14.7 Å². The molecule has 5 unspecified atom stereocenters. The molecule has 1 amide bonds. The van der Waals surface area contributed by atoms with E-state index in [1.165, 1.54) is 6.42 Å². The zero-order chi connectivity index (χ0) is 15.4. The molecule has 0 saturated heterocycles. The Kier molecular flexibility index (Phi) is 3.41. The molecule has 0 radical (unpaired) electrons. The van der Waals surface area contributed by atoms with Gasteiger partial charge >= 0.3 is 12.1 Å². The molecule has 4 fully saturated rings. The predicted molar refractivity (Wildman–Crippen MR) is 76.7 cm³/mol. The molecule has 0 aromatic rings. The number of carboxylic acids is 1. The topological polar surface area (TPSA) is 75.6 Å². The molecular weight excluding hydrogens is 270 g/mol. The highest BCUT2D eigenvalue weighted by molar-refractivity contribution is 5.80. The summed E-state index contributed by atoms with van der Waals surface area (Å²) in [5, 5.41) is 12.2. The van der Waals surface area contributed by atoms with Crippen LogP contribution in [0.5, 0.6) is 0 Å². The van der Waals surface area contributed by atoms with Crippen LogP contribution in [0.25, 0.3) is 0 Å². The Balaban J connectivity index is 1.71. The average Bonchev–Trinajstić information content (AvgIpc) is 2.72. The maximum absolute atomic E-state index is 11.9. The maximum atomic E-state index is 11.9. The van der Waals surface area contributed by atoms with E-state index in [0.717, 1.165) is 25.2 Å². The van der Waals surface area contributed by atoms with E-state index in [1.54, 1.807) is 20.8 Å². The van der Waals surface area contributed by atoms with Crippen molar-refractivity contribution in [2.45, 2.75) is 58.1 Å². The van der Waals surface area contributed by atoms with Gasteiger partial charge in [-0.1, -0.05) is 0 Å². The van der Waals surface area contributed by atoms with Crippen molar-refractivity contribution in [3.05, 3.63) is 0 Å². The number of alkyl carbamates (subject to hydrolysis) is 1. The summed E-state index contributed by atoms with van der Waals surface area (Å²) in [6.45, 7) is 5.34. The number of ether oxygens (including phenoxy) is 1. The smallest absolute Gasteiger partial charge is 0.408 e. The van der Waals surface area contributed by atoms with Crippen LogP contribution >= 0.6 is 0 Å². The van der Waals surface area contributed by atoms with Crippen molar-refractivity contribution in [2.75, 3.05) is 0 Å². The van der Waals surface area contributed by atoms with E-state index in [0.29, 0.717) is 17.8 Å². The van der Waals surface area contributed by atoms with Gasteiger partial charge in [-0.05, 0) is 76.0 Å². The van der Waals surface area contributed by atoms with Crippen molar-refractivity contribution in [2.24, 2.45) is 29.6 Å².